The number of hydrogen-bond acceptors (Lipinski definition) is 7. The molecule has 0 fully saturated rings. The standard InChI is InChI=1S/C14H12N4O3S/c1-2-22-10-5-3-4-9(8-10)12(19)16-14-18-17-13(20-14)11-6-7-15-21-11/h3-8H,2H2,1H3,(H,16,18,19). The van der Waals surface area contributed by atoms with Gasteiger partial charge in [0.15, 0.2) is 0 Å². The summed E-state index contributed by atoms with van der Waals surface area (Å²) in [6, 6.07) is 8.93. The first-order valence-electron chi connectivity index (χ1n) is 6.55. The van der Waals surface area contributed by atoms with Crippen molar-refractivity contribution in [2.24, 2.45) is 0 Å². The third kappa shape index (κ3) is 3.17. The molecule has 0 aliphatic carbocycles. The van der Waals surface area contributed by atoms with Crippen LogP contribution in [0.25, 0.3) is 11.7 Å². The number of carbonyl (C=O) groups is 1. The number of nitrogens with zero attached hydrogens (tertiary/aromatic N) is 3. The molecular weight excluding hydrogens is 304 g/mol. The molecule has 0 spiro atoms. The average molecular weight is 316 g/mol. The quantitative estimate of drug-likeness (QED) is 0.723. The highest BCUT2D eigenvalue weighted by molar-refractivity contribution is 7.99. The van der Waals surface area contributed by atoms with E-state index in [0.717, 1.165) is 10.6 Å². The summed E-state index contributed by atoms with van der Waals surface area (Å²) >= 11 is 1.66. The summed E-state index contributed by atoms with van der Waals surface area (Å²) < 4.78 is 10.2. The average Bonchev–Trinajstić information content (AvgIpc) is 3.18. The summed E-state index contributed by atoms with van der Waals surface area (Å²) in [7, 11) is 0. The van der Waals surface area contributed by atoms with Crippen LogP contribution < -0.4 is 5.32 Å². The Hall–Kier alpha value is -2.61. The van der Waals surface area contributed by atoms with Crippen molar-refractivity contribution in [1.29, 1.82) is 0 Å². The van der Waals surface area contributed by atoms with Crippen molar-refractivity contribution in [3.05, 3.63) is 42.1 Å². The number of benzene rings is 1. The molecule has 0 saturated heterocycles. The number of thioether (sulfide) groups is 1. The van der Waals surface area contributed by atoms with Crippen LogP contribution in [0, 0.1) is 0 Å². The predicted molar refractivity (Wildman–Crippen MR) is 80.6 cm³/mol. The topological polar surface area (TPSA) is 94.1 Å². The Labute approximate surface area is 130 Å². The first kappa shape index (κ1) is 14.3. The van der Waals surface area contributed by atoms with E-state index in [1.54, 1.807) is 23.9 Å². The monoisotopic (exact) mass is 316 g/mol. The number of rotatable bonds is 5. The number of amides is 1. The Kier molecular flexibility index (Phi) is 4.19. The Morgan fingerprint density at radius 2 is 2.23 bits per heavy atom. The molecule has 0 radical (unpaired) electrons. The number of carbonyl (C=O) groups excluding carboxylic acids is 1. The van der Waals surface area contributed by atoms with Gasteiger partial charge >= 0.3 is 6.01 Å². The summed E-state index contributed by atoms with van der Waals surface area (Å²) in [4.78, 5) is 13.2. The predicted octanol–water partition coefficient (Wildman–Crippen LogP) is 3.09. The molecule has 8 heteroatoms. The van der Waals surface area contributed by atoms with Gasteiger partial charge in [0.2, 0.25) is 5.76 Å². The maximum absolute atomic E-state index is 12.2. The highest BCUT2D eigenvalue weighted by Crippen LogP contribution is 2.21. The van der Waals surface area contributed by atoms with Gasteiger partial charge in [0.05, 0.1) is 6.20 Å². The second-order valence-electron chi connectivity index (χ2n) is 4.20. The SMILES string of the molecule is CCSc1cccc(C(=O)Nc2nnc(-c3ccno3)o2)c1. The molecule has 0 aliphatic heterocycles. The molecule has 1 N–H and O–H groups in total. The number of hydrogen-bond donors (Lipinski definition) is 1. The van der Waals surface area contributed by atoms with E-state index in [2.05, 4.69) is 27.6 Å². The van der Waals surface area contributed by atoms with Gasteiger partial charge in [0, 0.05) is 16.5 Å². The second-order valence-corrected chi connectivity index (χ2v) is 5.54. The minimum Gasteiger partial charge on any atom is -0.400 e. The van der Waals surface area contributed by atoms with Gasteiger partial charge in [-0.3, -0.25) is 10.1 Å². The van der Waals surface area contributed by atoms with Gasteiger partial charge in [-0.2, -0.15) is 0 Å². The van der Waals surface area contributed by atoms with Crippen molar-refractivity contribution in [2.75, 3.05) is 11.1 Å². The third-order valence-electron chi connectivity index (χ3n) is 2.70. The molecule has 112 valence electrons. The first-order chi connectivity index (χ1) is 10.8. The zero-order valence-electron chi connectivity index (χ0n) is 11.6. The molecule has 1 amide bonds. The highest BCUT2D eigenvalue weighted by atomic mass is 32.2. The van der Waals surface area contributed by atoms with E-state index in [-0.39, 0.29) is 17.8 Å². The zero-order valence-corrected chi connectivity index (χ0v) is 12.5. The van der Waals surface area contributed by atoms with Crippen molar-refractivity contribution in [1.82, 2.24) is 15.4 Å². The van der Waals surface area contributed by atoms with Gasteiger partial charge in [-0.05, 0) is 24.0 Å². The van der Waals surface area contributed by atoms with Crippen LogP contribution in [0.15, 0.2) is 50.4 Å². The fraction of sp³-hybridized carbons (Fsp3) is 0.143. The second kappa shape index (κ2) is 6.44. The van der Waals surface area contributed by atoms with E-state index in [1.165, 1.54) is 6.20 Å². The van der Waals surface area contributed by atoms with Crippen LogP contribution >= 0.6 is 11.8 Å². The molecule has 2 aromatic heterocycles. The minimum atomic E-state index is -0.314. The summed E-state index contributed by atoms with van der Waals surface area (Å²) in [5.41, 5.74) is 0.526. The summed E-state index contributed by atoms with van der Waals surface area (Å²) in [6.07, 6.45) is 1.47. The van der Waals surface area contributed by atoms with Crippen LogP contribution in [0.5, 0.6) is 0 Å². The zero-order chi connectivity index (χ0) is 15.4. The van der Waals surface area contributed by atoms with Gasteiger partial charge in [0.25, 0.3) is 11.8 Å². The lowest BCUT2D eigenvalue weighted by Gasteiger charge is -2.03. The molecule has 7 nitrogen and oxygen atoms in total. The molecule has 2 heterocycles. The van der Waals surface area contributed by atoms with Crippen LogP contribution in [0.4, 0.5) is 6.01 Å². The third-order valence-corrected chi connectivity index (χ3v) is 3.58. The number of aromatic nitrogens is 3. The maximum atomic E-state index is 12.2. The van der Waals surface area contributed by atoms with E-state index >= 15 is 0 Å². The van der Waals surface area contributed by atoms with Gasteiger partial charge in [-0.1, -0.05) is 23.2 Å². The molecule has 22 heavy (non-hydrogen) atoms. The van der Waals surface area contributed by atoms with Crippen LogP contribution in [-0.4, -0.2) is 27.0 Å². The van der Waals surface area contributed by atoms with Crippen molar-refractivity contribution < 1.29 is 13.7 Å². The van der Waals surface area contributed by atoms with Crippen LogP contribution in [0.3, 0.4) is 0 Å². The maximum Gasteiger partial charge on any atom is 0.322 e. The Morgan fingerprint density at radius 1 is 1.32 bits per heavy atom. The highest BCUT2D eigenvalue weighted by Gasteiger charge is 2.14. The minimum absolute atomic E-state index is 0.00458. The van der Waals surface area contributed by atoms with Crippen molar-refractivity contribution >= 4 is 23.7 Å². The first-order valence-corrected chi connectivity index (χ1v) is 7.53. The van der Waals surface area contributed by atoms with Crippen LogP contribution in [0.1, 0.15) is 17.3 Å². The number of anilines is 1. The fourth-order valence-corrected chi connectivity index (χ4v) is 2.48. The smallest absolute Gasteiger partial charge is 0.322 e. The largest absolute Gasteiger partial charge is 0.400 e. The summed E-state index contributed by atoms with van der Waals surface area (Å²) in [5.74, 6) is 1.12. The van der Waals surface area contributed by atoms with Gasteiger partial charge in [-0.25, -0.2) is 0 Å². The van der Waals surface area contributed by atoms with Crippen LogP contribution in [0.2, 0.25) is 0 Å². The molecule has 0 atom stereocenters. The number of nitrogens with one attached hydrogen (secondary N) is 1. The van der Waals surface area contributed by atoms with Crippen molar-refractivity contribution in [2.45, 2.75) is 11.8 Å². The van der Waals surface area contributed by atoms with Crippen LogP contribution in [-0.2, 0) is 0 Å². The Balaban J connectivity index is 1.73. The van der Waals surface area contributed by atoms with E-state index in [0.29, 0.717) is 11.3 Å². The van der Waals surface area contributed by atoms with Crippen molar-refractivity contribution in [3.8, 4) is 11.7 Å². The lowest BCUT2D eigenvalue weighted by atomic mass is 10.2. The van der Waals surface area contributed by atoms with E-state index in [1.807, 2.05) is 18.2 Å². The van der Waals surface area contributed by atoms with E-state index in [9.17, 15) is 4.79 Å². The normalized spacial score (nSPS) is 10.6. The molecule has 1 aromatic carbocycles. The van der Waals surface area contributed by atoms with Gasteiger partial charge in [0.1, 0.15) is 0 Å². The van der Waals surface area contributed by atoms with Gasteiger partial charge in [-0.15, -0.1) is 16.9 Å². The Bertz CT molecular complexity index is 770. The molecule has 0 saturated carbocycles. The lowest BCUT2D eigenvalue weighted by molar-refractivity contribution is 0.102. The lowest BCUT2D eigenvalue weighted by Crippen LogP contribution is -2.12. The van der Waals surface area contributed by atoms with Gasteiger partial charge < -0.3 is 8.94 Å². The molecule has 3 aromatic rings. The Morgan fingerprint density at radius 3 is 3.00 bits per heavy atom. The summed E-state index contributed by atoms with van der Waals surface area (Å²) in [5, 5.41) is 13.6. The van der Waals surface area contributed by atoms with Crippen molar-refractivity contribution in [3.63, 3.8) is 0 Å². The summed E-state index contributed by atoms with van der Waals surface area (Å²) in [6.45, 7) is 2.06. The fourth-order valence-electron chi connectivity index (χ4n) is 1.76. The molecule has 0 unspecified atom stereocenters. The van der Waals surface area contributed by atoms with E-state index in [4.69, 9.17) is 8.94 Å². The molecule has 3 rings (SSSR count). The molecule has 0 aliphatic rings. The molecule has 0 bridgehead atoms. The molecular formula is C14H12N4O3S. The van der Waals surface area contributed by atoms with E-state index < -0.39 is 0 Å².